The first-order valence-electron chi connectivity index (χ1n) is 8.08. The zero-order valence-electron chi connectivity index (χ0n) is 13.9. The molecule has 3 rings (SSSR count). The summed E-state index contributed by atoms with van der Waals surface area (Å²) in [6.07, 6.45) is 0.372. The Labute approximate surface area is 142 Å². The highest BCUT2D eigenvalue weighted by atomic mass is 16.5. The van der Waals surface area contributed by atoms with Crippen LogP contribution in [-0.4, -0.2) is 25.7 Å². The van der Waals surface area contributed by atoms with E-state index in [9.17, 15) is 4.79 Å². The van der Waals surface area contributed by atoms with Crippen molar-refractivity contribution in [2.45, 2.75) is 25.4 Å². The molecule has 2 unspecified atom stereocenters. The molecule has 2 N–H and O–H groups in total. The number of hydrogen-bond donors (Lipinski definition) is 2. The Morgan fingerprint density at radius 2 is 2.00 bits per heavy atom. The molecule has 0 bridgehead atoms. The summed E-state index contributed by atoms with van der Waals surface area (Å²) >= 11 is 0. The third-order valence-electron chi connectivity index (χ3n) is 4.06. The first-order chi connectivity index (χ1) is 11.7. The van der Waals surface area contributed by atoms with Gasteiger partial charge in [0.15, 0.2) is 0 Å². The Morgan fingerprint density at radius 3 is 2.83 bits per heavy atom. The topological polar surface area (TPSA) is 59.6 Å². The quantitative estimate of drug-likeness (QED) is 0.856. The number of benzene rings is 2. The molecule has 1 aliphatic heterocycles. The van der Waals surface area contributed by atoms with E-state index in [1.165, 1.54) is 0 Å². The van der Waals surface area contributed by atoms with Crippen LogP contribution < -0.4 is 20.1 Å². The zero-order valence-corrected chi connectivity index (χ0v) is 13.9. The smallest absolute Gasteiger partial charge is 0.226 e. The number of ether oxygens (including phenoxy) is 2. The summed E-state index contributed by atoms with van der Waals surface area (Å²) in [7, 11) is 1.59. The lowest BCUT2D eigenvalue weighted by molar-refractivity contribution is -0.116. The Balaban J connectivity index is 1.55. The van der Waals surface area contributed by atoms with Crippen molar-refractivity contribution in [3.05, 3.63) is 54.1 Å². The molecule has 0 saturated heterocycles. The van der Waals surface area contributed by atoms with Crippen molar-refractivity contribution in [1.29, 1.82) is 0 Å². The number of fused-ring (bicyclic) bond motifs is 1. The predicted octanol–water partition coefficient (Wildman–Crippen LogP) is 3.14. The van der Waals surface area contributed by atoms with Crippen LogP contribution >= 0.6 is 0 Å². The van der Waals surface area contributed by atoms with Crippen LogP contribution in [0.2, 0.25) is 0 Å². The van der Waals surface area contributed by atoms with Crippen LogP contribution in [0.3, 0.4) is 0 Å². The molecule has 0 aromatic heterocycles. The second kappa shape index (κ2) is 7.36. The summed E-state index contributed by atoms with van der Waals surface area (Å²) in [6, 6.07) is 15.5. The molecule has 0 aliphatic carbocycles. The number of carbonyl (C=O) groups is 1. The lowest BCUT2D eigenvalue weighted by Crippen LogP contribution is -2.34. The van der Waals surface area contributed by atoms with Gasteiger partial charge >= 0.3 is 0 Å². The molecule has 2 atom stereocenters. The van der Waals surface area contributed by atoms with E-state index in [-0.39, 0.29) is 18.0 Å². The summed E-state index contributed by atoms with van der Waals surface area (Å²) in [5.41, 5.74) is 1.83. The number of hydrogen-bond acceptors (Lipinski definition) is 4. The molecule has 0 saturated carbocycles. The van der Waals surface area contributed by atoms with E-state index in [1.807, 2.05) is 49.4 Å². The van der Waals surface area contributed by atoms with Crippen LogP contribution in [0.5, 0.6) is 11.5 Å². The highest BCUT2D eigenvalue weighted by Gasteiger charge is 2.25. The number of methoxy groups -OCH3 is 1. The van der Waals surface area contributed by atoms with Gasteiger partial charge in [0.25, 0.3) is 0 Å². The van der Waals surface area contributed by atoms with Gasteiger partial charge in [-0.1, -0.05) is 30.3 Å². The molecule has 5 nitrogen and oxygen atoms in total. The maximum atomic E-state index is 12.3. The molecule has 24 heavy (non-hydrogen) atoms. The van der Waals surface area contributed by atoms with E-state index in [0.717, 1.165) is 11.3 Å². The number of anilines is 1. The molecule has 0 spiro atoms. The third kappa shape index (κ3) is 3.68. The molecule has 1 amide bonds. The van der Waals surface area contributed by atoms with Crippen molar-refractivity contribution >= 4 is 11.6 Å². The van der Waals surface area contributed by atoms with E-state index >= 15 is 0 Å². The number of para-hydroxylation sites is 3. The lowest BCUT2D eigenvalue weighted by atomic mass is 10.1. The van der Waals surface area contributed by atoms with Crippen molar-refractivity contribution in [3.63, 3.8) is 0 Å². The maximum absolute atomic E-state index is 12.3. The minimum atomic E-state index is -0.0494. The summed E-state index contributed by atoms with van der Waals surface area (Å²) < 4.78 is 10.9. The van der Waals surface area contributed by atoms with E-state index in [2.05, 4.69) is 16.7 Å². The summed E-state index contributed by atoms with van der Waals surface area (Å²) in [5.74, 6) is 1.52. The Morgan fingerprint density at radius 1 is 1.25 bits per heavy atom. The van der Waals surface area contributed by atoms with Crippen LogP contribution in [0.25, 0.3) is 0 Å². The molecule has 2 aromatic carbocycles. The van der Waals surface area contributed by atoms with Gasteiger partial charge in [0.2, 0.25) is 5.91 Å². The minimum absolute atomic E-state index is 0.0273. The van der Waals surface area contributed by atoms with Crippen LogP contribution in [-0.2, 0) is 4.79 Å². The zero-order chi connectivity index (χ0) is 16.9. The summed E-state index contributed by atoms with van der Waals surface area (Å²) in [4.78, 5) is 12.3. The molecule has 0 radical (unpaired) electrons. The van der Waals surface area contributed by atoms with Gasteiger partial charge in [0, 0.05) is 18.0 Å². The van der Waals surface area contributed by atoms with Gasteiger partial charge in [-0.3, -0.25) is 4.79 Å². The van der Waals surface area contributed by atoms with Gasteiger partial charge < -0.3 is 20.1 Å². The summed E-state index contributed by atoms with van der Waals surface area (Å²) in [6.45, 7) is 2.60. The van der Waals surface area contributed by atoms with Crippen LogP contribution in [0.1, 0.15) is 24.9 Å². The normalized spacial score (nSPS) is 16.8. The molecule has 5 heteroatoms. The van der Waals surface area contributed by atoms with Crippen molar-refractivity contribution in [2.24, 2.45) is 0 Å². The molecule has 1 aliphatic rings. The Hall–Kier alpha value is -2.53. The van der Waals surface area contributed by atoms with Crippen molar-refractivity contribution in [1.82, 2.24) is 5.32 Å². The number of rotatable bonds is 6. The number of amides is 1. The highest BCUT2D eigenvalue weighted by Crippen LogP contribution is 2.32. The molecule has 0 fully saturated rings. The monoisotopic (exact) mass is 326 g/mol. The van der Waals surface area contributed by atoms with Gasteiger partial charge in [-0.05, 0) is 25.1 Å². The van der Waals surface area contributed by atoms with Gasteiger partial charge in [0.05, 0.1) is 18.8 Å². The Bertz CT molecular complexity index is 717. The second-order valence-corrected chi connectivity index (χ2v) is 5.92. The van der Waals surface area contributed by atoms with Crippen molar-refractivity contribution in [3.8, 4) is 11.5 Å². The fourth-order valence-corrected chi connectivity index (χ4v) is 2.93. The number of nitrogens with one attached hydrogen (secondary N) is 2. The lowest BCUT2D eigenvalue weighted by Gasteiger charge is -2.19. The van der Waals surface area contributed by atoms with Crippen LogP contribution in [0, 0.1) is 0 Å². The fourth-order valence-electron chi connectivity index (χ4n) is 2.93. The van der Waals surface area contributed by atoms with Crippen LogP contribution in [0.4, 0.5) is 5.69 Å². The van der Waals surface area contributed by atoms with E-state index in [0.29, 0.717) is 24.5 Å². The molecule has 126 valence electrons. The van der Waals surface area contributed by atoms with E-state index in [1.54, 1.807) is 7.11 Å². The fraction of sp³-hybridized carbons (Fsp3) is 0.316. The largest absolute Gasteiger partial charge is 0.495 e. The average Bonchev–Trinajstić information content (AvgIpc) is 2.98. The highest BCUT2D eigenvalue weighted by molar-refractivity contribution is 5.92. The van der Waals surface area contributed by atoms with E-state index < -0.39 is 0 Å². The summed E-state index contributed by atoms with van der Waals surface area (Å²) in [5, 5.41) is 6.36. The van der Waals surface area contributed by atoms with Crippen molar-refractivity contribution in [2.75, 3.05) is 19.0 Å². The maximum Gasteiger partial charge on any atom is 0.226 e. The second-order valence-electron chi connectivity index (χ2n) is 5.92. The molecule has 2 aromatic rings. The third-order valence-corrected chi connectivity index (χ3v) is 4.06. The molecular weight excluding hydrogens is 304 g/mol. The standard InChI is InChI=1S/C19H22N2O3/c1-13(20-16-12-24-17-9-5-3-7-14(16)17)11-19(22)21-15-8-4-6-10-18(15)23-2/h3-10,13,16,20H,11-12H2,1-2H3,(H,21,22). The van der Waals surface area contributed by atoms with Gasteiger partial charge in [-0.25, -0.2) is 0 Å². The van der Waals surface area contributed by atoms with Crippen LogP contribution in [0.15, 0.2) is 48.5 Å². The average molecular weight is 326 g/mol. The SMILES string of the molecule is COc1ccccc1NC(=O)CC(C)NC1COc2ccccc21. The minimum Gasteiger partial charge on any atom is -0.495 e. The van der Waals surface area contributed by atoms with Crippen molar-refractivity contribution < 1.29 is 14.3 Å². The first kappa shape index (κ1) is 16.3. The number of carbonyl (C=O) groups excluding carboxylic acids is 1. The van der Waals surface area contributed by atoms with Gasteiger partial charge in [-0.2, -0.15) is 0 Å². The molecular formula is C19H22N2O3. The van der Waals surface area contributed by atoms with Gasteiger partial charge in [-0.15, -0.1) is 0 Å². The predicted molar refractivity (Wildman–Crippen MR) is 93.5 cm³/mol. The first-order valence-corrected chi connectivity index (χ1v) is 8.08. The molecule has 1 heterocycles. The van der Waals surface area contributed by atoms with E-state index in [4.69, 9.17) is 9.47 Å². The Kier molecular flexibility index (Phi) is 5.01. The van der Waals surface area contributed by atoms with Gasteiger partial charge in [0.1, 0.15) is 18.1 Å².